The molecule has 0 saturated carbocycles. The fourth-order valence-electron chi connectivity index (χ4n) is 4.91. The molecule has 2 atom stereocenters. The monoisotopic (exact) mass is 432 g/mol. The van der Waals surface area contributed by atoms with Crippen LogP contribution in [0.2, 0.25) is 0 Å². The zero-order valence-corrected chi connectivity index (χ0v) is 17.4. The zero-order valence-electron chi connectivity index (χ0n) is 17.4. The van der Waals surface area contributed by atoms with E-state index in [1.54, 1.807) is 16.8 Å². The number of non-ortho nitro benzene ring substituents is 1. The first-order chi connectivity index (χ1) is 15.3. The molecule has 1 aromatic heterocycles. The quantitative estimate of drug-likeness (QED) is 0.372. The Morgan fingerprint density at radius 1 is 1.16 bits per heavy atom. The van der Waals surface area contributed by atoms with Crippen molar-refractivity contribution in [2.75, 3.05) is 11.9 Å². The standard InChI is InChI=1S/C23H20N4O5/c1-12-19(15-8-7-13(27(31)32)9-18(15)25(12)2)21-20(22(29)24-23(21)30)16-10-26(11-28)17-6-4-3-5-14(16)17/h3-10,12,19,28H,11H2,1-2H3,(H,24,29,30). The molecule has 0 spiro atoms. The van der Waals surface area contributed by atoms with Crippen LogP contribution >= 0.6 is 0 Å². The van der Waals surface area contributed by atoms with Gasteiger partial charge in [-0.3, -0.25) is 25.0 Å². The Morgan fingerprint density at radius 2 is 1.91 bits per heavy atom. The molecule has 2 aromatic carbocycles. The first-order valence-electron chi connectivity index (χ1n) is 10.1. The van der Waals surface area contributed by atoms with Crippen molar-refractivity contribution in [3.05, 3.63) is 75.5 Å². The molecule has 3 heterocycles. The smallest absolute Gasteiger partial charge is 0.271 e. The summed E-state index contributed by atoms with van der Waals surface area (Å²) < 4.78 is 1.62. The van der Waals surface area contributed by atoms with E-state index in [0.29, 0.717) is 16.8 Å². The SMILES string of the molecule is CC1C(C2=C(c3cn(CO)c4ccccc34)C(=O)NC2=O)c2ccc([N+](=O)[O-])cc2N1C. The van der Waals surface area contributed by atoms with E-state index >= 15 is 0 Å². The lowest BCUT2D eigenvalue weighted by Crippen LogP contribution is -2.31. The minimum atomic E-state index is -0.490. The number of imide groups is 1. The first-order valence-corrected chi connectivity index (χ1v) is 10.1. The Kier molecular flexibility index (Phi) is 4.38. The predicted octanol–water partition coefficient (Wildman–Crippen LogP) is 2.53. The number of hydrogen-bond acceptors (Lipinski definition) is 6. The maximum atomic E-state index is 13.0. The number of aliphatic hydroxyl groups is 1. The summed E-state index contributed by atoms with van der Waals surface area (Å²) in [4.78, 5) is 38.7. The summed E-state index contributed by atoms with van der Waals surface area (Å²) in [6.07, 6.45) is 1.68. The number of hydrogen-bond donors (Lipinski definition) is 2. The number of nitrogens with zero attached hydrogens (tertiary/aromatic N) is 3. The molecular weight excluding hydrogens is 412 g/mol. The Balaban J connectivity index is 1.76. The van der Waals surface area contributed by atoms with Gasteiger partial charge >= 0.3 is 0 Å². The van der Waals surface area contributed by atoms with Gasteiger partial charge in [0.1, 0.15) is 6.73 Å². The molecule has 9 nitrogen and oxygen atoms in total. The number of aliphatic hydroxyl groups excluding tert-OH is 1. The van der Waals surface area contributed by atoms with E-state index in [2.05, 4.69) is 5.32 Å². The second-order valence-electron chi connectivity index (χ2n) is 8.07. The molecule has 0 fully saturated rings. The lowest BCUT2D eigenvalue weighted by Gasteiger charge is -2.23. The molecule has 2 aliphatic rings. The van der Waals surface area contributed by atoms with Crippen LogP contribution in [-0.4, -0.2) is 39.5 Å². The summed E-state index contributed by atoms with van der Waals surface area (Å²) in [5, 5.41) is 24.2. The number of likely N-dealkylation sites (N-methyl/N-ethyl adjacent to an activating group) is 1. The molecule has 0 saturated heterocycles. The van der Waals surface area contributed by atoms with Gasteiger partial charge in [-0.15, -0.1) is 0 Å². The number of carbonyl (C=O) groups excluding carboxylic acids is 2. The molecule has 0 bridgehead atoms. The van der Waals surface area contributed by atoms with Gasteiger partial charge in [-0.25, -0.2) is 0 Å². The number of aromatic nitrogens is 1. The molecule has 0 aliphatic carbocycles. The van der Waals surface area contributed by atoms with Crippen LogP contribution < -0.4 is 10.2 Å². The van der Waals surface area contributed by atoms with Gasteiger partial charge in [0.2, 0.25) is 0 Å². The van der Waals surface area contributed by atoms with Crippen LogP contribution in [0.1, 0.15) is 24.0 Å². The van der Waals surface area contributed by atoms with E-state index in [-0.39, 0.29) is 24.0 Å². The third-order valence-electron chi connectivity index (χ3n) is 6.52. The molecule has 5 rings (SSSR count). The van der Waals surface area contributed by atoms with Crippen molar-refractivity contribution in [2.24, 2.45) is 0 Å². The minimum absolute atomic E-state index is 0.0318. The maximum absolute atomic E-state index is 13.0. The number of para-hydroxylation sites is 1. The third kappa shape index (κ3) is 2.68. The van der Waals surface area contributed by atoms with E-state index in [1.807, 2.05) is 43.1 Å². The lowest BCUT2D eigenvalue weighted by atomic mass is 9.84. The normalized spacial score (nSPS) is 20.3. The number of nitrogens with one attached hydrogen (secondary N) is 1. The zero-order chi connectivity index (χ0) is 22.7. The highest BCUT2D eigenvalue weighted by Gasteiger charge is 2.45. The molecule has 3 aromatic rings. The molecule has 2 amide bonds. The second-order valence-corrected chi connectivity index (χ2v) is 8.07. The third-order valence-corrected chi connectivity index (χ3v) is 6.52. The van der Waals surface area contributed by atoms with Gasteiger partial charge in [-0.1, -0.05) is 18.2 Å². The highest BCUT2D eigenvalue weighted by Crippen LogP contribution is 2.48. The van der Waals surface area contributed by atoms with E-state index in [4.69, 9.17) is 0 Å². The van der Waals surface area contributed by atoms with Crippen molar-refractivity contribution < 1.29 is 19.6 Å². The molecule has 162 valence electrons. The van der Waals surface area contributed by atoms with Crippen LogP contribution in [-0.2, 0) is 16.3 Å². The van der Waals surface area contributed by atoms with Gasteiger partial charge in [-0.2, -0.15) is 0 Å². The van der Waals surface area contributed by atoms with Crippen molar-refractivity contribution in [2.45, 2.75) is 25.6 Å². The minimum Gasteiger partial charge on any atom is -0.376 e. The van der Waals surface area contributed by atoms with Crippen molar-refractivity contribution in [1.29, 1.82) is 0 Å². The number of nitro benzene ring substituents is 1. The lowest BCUT2D eigenvalue weighted by molar-refractivity contribution is -0.384. The Bertz CT molecular complexity index is 1360. The highest BCUT2D eigenvalue weighted by molar-refractivity contribution is 6.38. The average molecular weight is 432 g/mol. The number of amides is 2. The second kappa shape index (κ2) is 7.03. The van der Waals surface area contributed by atoms with Crippen LogP contribution in [0.25, 0.3) is 16.5 Å². The summed E-state index contributed by atoms with van der Waals surface area (Å²) in [5.41, 5.74) is 3.31. The summed E-state index contributed by atoms with van der Waals surface area (Å²) in [6.45, 7) is 1.65. The summed E-state index contributed by atoms with van der Waals surface area (Å²) in [5.74, 6) is -1.41. The number of fused-ring (bicyclic) bond motifs is 2. The summed E-state index contributed by atoms with van der Waals surface area (Å²) in [7, 11) is 1.82. The van der Waals surface area contributed by atoms with Crippen molar-refractivity contribution >= 4 is 39.7 Å². The van der Waals surface area contributed by atoms with Gasteiger partial charge in [0.15, 0.2) is 0 Å². The molecule has 0 radical (unpaired) electrons. The van der Waals surface area contributed by atoms with E-state index in [9.17, 15) is 24.8 Å². The number of carbonyl (C=O) groups is 2. The van der Waals surface area contributed by atoms with Gasteiger partial charge < -0.3 is 14.6 Å². The van der Waals surface area contributed by atoms with E-state index < -0.39 is 22.7 Å². The molecule has 2 N–H and O–H groups in total. The van der Waals surface area contributed by atoms with E-state index in [1.165, 1.54) is 12.1 Å². The van der Waals surface area contributed by atoms with Crippen LogP contribution in [0.4, 0.5) is 11.4 Å². The van der Waals surface area contributed by atoms with Crippen molar-refractivity contribution in [1.82, 2.24) is 9.88 Å². The number of rotatable bonds is 4. The topological polar surface area (TPSA) is 118 Å². The number of anilines is 1. The van der Waals surface area contributed by atoms with Crippen molar-refractivity contribution in [3.63, 3.8) is 0 Å². The Hall–Kier alpha value is -3.98. The van der Waals surface area contributed by atoms with Crippen molar-refractivity contribution in [3.8, 4) is 0 Å². The molecule has 2 unspecified atom stereocenters. The predicted molar refractivity (Wildman–Crippen MR) is 118 cm³/mol. The molecular formula is C23H20N4O5. The van der Waals surface area contributed by atoms with Gasteiger partial charge in [0, 0.05) is 59.5 Å². The van der Waals surface area contributed by atoms with Crippen LogP contribution in [0, 0.1) is 10.1 Å². The van der Waals surface area contributed by atoms with Gasteiger partial charge in [0.05, 0.1) is 16.0 Å². The molecule has 9 heteroatoms. The first kappa shape index (κ1) is 20.0. The highest BCUT2D eigenvalue weighted by atomic mass is 16.6. The largest absolute Gasteiger partial charge is 0.376 e. The fourth-order valence-corrected chi connectivity index (χ4v) is 4.91. The number of benzene rings is 2. The summed E-state index contributed by atoms with van der Waals surface area (Å²) >= 11 is 0. The van der Waals surface area contributed by atoms with Crippen LogP contribution in [0.3, 0.4) is 0 Å². The Labute approximate surface area is 182 Å². The van der Waals surface area contributed by atoms with E-state index in [0.717, 1.165) is 16.5 Å². The molecule has 2 aliphatic heterocycles. The van der Waals surface area contributed by atoms with Crippen LogP contribution in [0.5, 0.6) is 0 Å². The van der Waals surface area contributed by atoms with Gasteiger partial charge in [-0.05, 0) is 24.6 Å². The van der Waals surface area contributed by atoms with Gasteiger partial charge in [0.25, 0.3) is 17.5 Å². The summed E-state index contributed by atoms with van der Waals surface area (Å²) in [6, 6.07) is 11.7. The average Bonchev–Trinajstić information content (AvgIpc) is 3.37. The number of nitro groups is 1. The molecule has 32 heavy (non-hydrogen) atoms. The van der Waals surface area contributed by atoms with Crippen LogP contribution in [0.15, 0.2) is 54.2 Å². The fraction of sp³-hybridized carbons (Fsp3) is 0.217. The Morgan fingerprint density at radius 3 is 2.62 bits per heavy atom. The maximum Gasteiger partial charge on any atom is 0.271 e.